The molecule has 0 fully saturated rings. The lowest BCUT2D eigenvalue weighted by Crippen LogP contribution is -2.11. The van der Waals surface area contributed by atoms with Gasteiger partial charge in [0.2, 0.25) is 0 Å². The minimum Gasteiger partial charge on any atom is -0.483 e. The second kappa shape index (κ2) is 6.16. The van der Waals surface area contributed by atoms with E-state index < -0.39 is 11.0 Å². The Morgan fingerprint density at radius 3 is 2.55 bits per heavy atom. The predicted molar refractivity (Wildman–Crippen MR) is 74.7 cm³/mol. The summed E-state index contributed by atoms with van der Waals surface area (Å²) in [5, 5.41) is 21.0. The third-order valence-electron chi connectivity index (χ3n) is 2.96. The van der Waals surface area contributed by atoms with Crippen LogP contribution in [0.4, 0.5) is 5.69 Å². The lowest BCUT2D eigenvalue weighted by molar-refractivity contribution is -0.386. The van der Waals surface area contributed by atoms with E-state index in [0.717, 1.165) is 0 Å². The van der Waals surface area contributed by atoms with Crippen molar-refractivity contribution in [2.75, 3.05) is 6.61 Å². The van der Waals surface area contributed by atoms with E-state index in [1.807, 2.05) is 18.2 Å². The molecule has 0 bridgehead atoms. The fraction of sp³-hybridized carbons (Fsp3) is 0.200. The van der Waals surface area contributed by atoms with E-state index in [4.69, 9.17) is 4.74 Å². The van der Waals surface area contributed by atoms with Crippen molar-refractivity contribution in [3.8, 4) is 5.75 Å². The minimum absolute atomic E-state index is 0.0320. The van der Waals surface area contributed by atoms with Crippen LogP contribution in [0.3, 0.4) is 0 Å². The Morgan fingerprint density at radius 1 is 1.20 bits per heavy atom. The summed E-state index contributed by atoms with van der Waals surface area (Å²) in [7, 11) is 0. The molecule has 5 nitrogen and oxygen atoms in total. The molecule has 0 spiro atoms. The number of hydrogen-bond donors (Lipinski definition) is 1. The second-order valence-electron chi connectivity index (χ2n) is 4.42. The number of nitrogens with zero attached hydrogens (tertiary/aromatic N) is 1. The quantitative estimate of drug-likeness (QED) is 0.671. The van der Waals surface area contributed by atoms with E-state index in [9.17, 15) is 15.2 Å². The van der Waals surface area contributed by atoms with Gasteiger partial charge < -0.3 is 9.84 Å². The van der Waals surface area contributed by atoms with E-state index >= 15 is 0 Å². The molecule has 0 aliphatic rings. The second-order valence-corrected chi connectivity index (χ2v) is 4.42. The third kappa shape index (κ3) is 3.13. The van der Waals surface area contributed by atoms with Crippen LogP contribution in [0.2, 0.25) is 0 Å². The number of ether oxygens (including phenoxy) is 1. The molecular weight excluding hydrogens is 258 g/mol. The highest BCUT2D eigenvalue weighted by Crippen LogP contribution is 2.31. The number of hydrogen-bond acceptors (Lipinski definition) is 4. The first-order valence-corrected chi connectivity index (χ1v) is 6.19. The van der Waals surface area contributed by atoms with Crippen LogP contribution in [0.25, 0.3) is 0 Å². The van der Waals surface area contributed by atoms with Gasteiger partial charge in [0, 0.05) is 6.07 Å². The van der Waals surface area contributed by atoms with E-state index in [1.165, 1.54) is 6.07 Å². The molecule has 5 heteroatoms. The Balaban J connectivity index is 2.13. The van der Waals surface area contributed by atoms with Crippen LogP contribution in [-0.4, -0.2) is 16.6 Å². The van der Waals surface area contributed by atoms with Crippen LogP contribution in [-0.2, 0) is 0 Å². The van der Waals surface area contributed by atoms with Gasteiger partial charge in [0.25, 0.3) is 0 Å². The molecule has 0 radical (unpaired) electrons. The minimum atomic E-state index is -0.824. The van der Waals surface area contributed by atoms with Crippen LogP contribution < -0.4 is 4.74 Å². The summed E-state index contributed by atoms with van der Waals surface area (Å²) in [6.07, 6.45) is -0.824. The highest BCUT2D eigenvalue weighted by Gasteiger charge is 2.18. The van der Waals surface area contributed by atoms with Gasteiger partial charge in [-0.2, -0.15) is 0 Å². The maximum atomic E-state index is 11.0. The van der Waals surface area contributed by atoms with Gasteiger partial charge in [-0.05, 0) is 18.1 Å². The van der Waals surface area contributed by atoms with E-state index in [0.29, 0.717) is 11.1 Å². The normalized spacial score (nSPS) is 11.9. The van der Waals surface area contributed by atoms with Crippen molar-refractivity contribution in [1.29, 1.82) is 0 Å². The average Bonchev–Trinajstić information content (AvgIpc) is 2.46. The molecule has 1 N–H and O–H groups in total. The molecule has 104 valence electrons. The Hall–Kier alpha value is -2.40. The number of aryl methyl sites for hydroxylation is 1. The fourth-order valence-electron chi connectivity index (χ4n) is 1.90. The van der Waals surface area contributed by atoms with Crippen molar-refractivity contribution in [2.45, 2.75) is 13.0 Å². The molecule has 0 aliphatic heterocycles. The summed E-state index contributed by atoms with van der Waals surface area (Å²) in [6, 6.07) is 13.8. The summed E-state index contributed by atoms with van der Waals surface area (Å²) in [5.41, 5.74) is 1.29. The van der Waals surface area contributed by atoms with Gasteiger partial charge in [-0.1, -0.05) is 42.5 Å². The zero-order valence-corrected chi connectivity index (χ0v) is 11.0. The molecule has 0 aliphatic carbocycles. The number of aliphatic hydroxyl groups excluding tert-OH is 1. The molecule has 2 aromatic rings. The predicted octanol–water partition coefficient (Wildman–Crippen LogP) is 3.02. The largest absolute Gasteiger partial charge is 0.483 e. The van der Waals surface area contributed by atoms with Crippen molar-refractivity contribution in [3.63, 3.8) is 0 Å². The van der Waals surface area contributed by atoms with E-state index in [-0.39, 0.29) is 18.0 Å². The molecule has 0 saturated heterocycles. The zero-order chi connectivity index (χ0) is 14.5. The fourth-order valence-corrected chi connectivity index (χ4v) is 1.90. The number of nitro groups is 1. The standard InChI is InChI=1S/C15H15NO4/c1-11-6-5-9-13(16(18)19)15(11)20-10-14(17)12-7-3-2-4-8-12/h2-9,14,17H,10H2,1H3. The molecule has 1 unspecified atom stereocenters. The van der Waals surface area contributed by atoms with Gasteiger partial charge in [-0.25, -0.2) is 0 Å². The molecule has 0 amide bonds. The van der Waals surface area contributed by atoms with Crippen LogP contribution >= 0.6 is 0 Å². The summed E-state index contributed by atoms with van der Waals surface area (Å²) in [4.78, 5) is 10.5. The van der Waals surface area contributed by atoms with Crippen LogP contribution in [0.1, 0.15) is 17.2 Å². The molecule has 0 heterocycles. The van der Waals surface area contributed by atoms with Crippen molar-refractivity contribution in [3.05, 3.63) is 69.8 Å². The topological polar surface area (TPSA) is 72.6 Å². The SMILES string of the molecule is Cc1cccc([N+](=O)[O-])c1OCC(O)c1ccccc1. The Bertz CT molecular complexity index is 598. The first-order valence-electron chi connectivity index (χ1n) is 6.19. The summed E-state index contributed by atoms with van der Waals surface area (Å²) in [6.45, 7) is 1.70. The van der Waals surface area contributed by atoms with Crippen LogP contribution in [0, 0.1) is 17.0 Å². The van der Waals surface area contributed by atoms with E-state index in [2.05, 4.69) is 0 Å². The van der Waals surface area contributed by atoms with Gasteiger partial charge in [0.15, 0.2) is 5.75 Å². The van der Waals surface area contributed by atoms with Gasteiger partial charge in [0.05, 0.1) is 4.92 Å². The highest BCUT2D eigenvalue weighted by molar-refractivity contribution is 5.51. The lowest BCUT2D eigenvalue weighted by Gasteiger charge is -2.14. The highest BCUT2D eigenvalue weighted by atomic mass is 16.6. The Labute approximate surface area is 116 Å². The molecular formula is C15H15NO4. The van der Waals surface area contributed by atoms with Crippen molar-refractivity contribution < 1.29 is 14.8 Å². The number of benzene rings is 2. The van der Waals surface area contributed by atoms with Gasteiger partial charge in [-0.3, -0.25) is 10.1 Å². The summed E-state index contributed by atoms with van der Waals surface area (Å²) in [5.74, 6) is 0.201. The molecule has 2 aromatic carbocycles. The van der Waals surface area contributed by atoms with Gasteiger partial charge >= 0.3 is 5.69 Å². The van der Waals surface area contributed by atoms with Crippen molar-refractivity contribution >= 4 is 5.69 Å². The van der Waals surface area contributed by atoms with Crippen LogP contribution in [0.15, 0.2) is 48.5 Å². The summed E-state index contributed by atoms with van der Waals surface area (Å²) < 4.78 is 5.45. The molecule has 0 saturated carbocycles. The molecule has 1 atom stereocenters. The number of nitro benzene ring substituents is 1. The zero-order valence-electron chi connectivity index (χ0n) is 11.0. The maximum absolute atomic E-state index is 11.0. The van der Waals surface area contributed by atoms with Crippen molar-refractivity contribution in [2.24, 2.45) is 0 Å². The Morgan fingerprint density at radius 2 is 1.90 bits per heavy atom. The average molecular weight is 273 g/mol. The number of aliphatic hydroxyl groups is 1. The molecule has 0 aromatic heterocycles. The monoisotopic (exact) mass is 273 g/mol. The summed E-state index contributed by atoms with van der Waals surface area (Å²) >= 11 is 0. The van der Waals surface area contributed by atoms with Gasteiger partial charge in [0.1, 0.15) is 12.7 Å². The maximum Gasteiger partial charge on any atom is 0.311 e. The number of para-hydroxylation sites is 1. The molecule has 20 heavy (non-hydrogen) atoms. The van der Waals surface area contributed by atoms with Gasteiger partial charge in [-0.15, -0.1) is 0 Å². The first-order chi connectivity index (χ1) is 9.59. The Kier molecular flexibility index (Phi) is 4.32. The third-order valence-corrected chi connectivity index (χ3v) is 2.96. The van der Waals surface area contributed by atoms with Crippen molar-refractivity contribution in [1.82, 2.24) is 0 Å². The van der Waals surface area contributed by atoms with E-state index in [1.54, 1.807) is 31.2 Å². The van der Waals surface area contributed by atoms with Crippen LogP contribution in [0.5, 0.6) is 5.75 Å². The molecule has 2 rings (SSSR count). The smallest absolute Gasteiger partial charge is 0.311 e. The first kappa shape index (κ1) is 14.0. The number of rotatable bonds is 5. The lowest BCUT2D eigenvalue weighted by atomic mass is 10.1.